The first kappa shape index (κ1) is 18.8. The fraction of sp³-hybridized carbons (Fsp3) is 0.190. The molecule has 1 unspecified atom stereocenters. The van der Waals surface area contributed by atoms with Gasteiger partial charge in [-0.3, -0.25) is 14.6 Å². The lowest BCUT2D eigenvalue weighted by Gasteiger charge is -2.19. The van der Waals surface area contributed by atoms with E-state index in [1.807, 2.05) is 47.8 Å². The zero-order valence-electron chi connectivity index (χ0n) is 14.8. The number of pyridine rings is 1. The van der Waals surface area contributed by atoms with Gasteiger partial charge in [0.25, 0.3) is 5.91 Å². The van der Waals surface area contributed by atoms with Gasteiger partial charge in [-0.15, -0.1) is 0 Å². The fourth-order valence-electron chi connectivity index (χ4n) is 2.74. The van der Waals surface area contributed by atoms with Crippen LogP contribution in [-0.2, 0) is 4.79 Å². The number of hydrogen-bond donors (Lipinski definition) is 2. The second kappa shape index (κ2) is 9.64. The highest BCUT2D eigenvalue weighted by molar-refractivity contribution is 7.08. The number of rotatable bonds is 8. The van der Waals surface area contributed by atoms with E-state index in [1.54, 1.807) is 23.8 Å². The van der Waals surface area contributed by atoms with Gasteiger partial charge < -0.3 is 10.6 Å². The molecule has 0 aliphatic rings. The monoisotopic (exact) mass is 379 g/mol. The molecular weight excluding hydrogens is 358 g/mol. The summed E-state index contributed by atoms with van der Waals surface area (Å²) in [6, 6.07) is 15.2. The van der Waals surface area contributed by atoms with E-state index in [4.69, 9.17) is 0 Å². The van der Waals surface area contributed by atoms with Crippen LogP contribution < -0.4 is 10.6 Å². The van der Waals surface area contributed by atoms with Crippen molar-refractivity contribution in [2.75, 3.05) is 6.54 Å². The molecule has 0 fully saturated rings. The number of nitrogens with one attached hydrogen (secondary N) is 2. The van der Waals surface area contributed by atoms with Crippen molar-refractivity contribution in [2.45, 2.75) is 18.9 Å². The third-order valence-corrected chi connectivity index (χ3v) is 4.81. The average molecular weight is 379 g/mol. The molecule has 0 aliphatic carbocycles. The largest absolute Gasteiger partial charge is 0.352 e. The number of hydrogen-bond acceptors (Lipinski definition) is 4. The smallest absolute Gasteiger partial charge is 0.252 e. The molecule has 27 heavy (non-hydrogen) atoms. The maximum atomic E-state index is 12.4. The number of nitrogens with zero attached hydrogens (tertiary/aromatic N) is 1. The Morgan fingerprint density at radius 2 is 1.74 bits per heavy atom. The number of aromatic nitrogens is 1. The SMILES string of the molecule is O=C(CCCNC(=O)c1ccsc1)NC(c1ccccc1)c1ccncc1. The summed E-state index contributed by atoms with van der Waals surface area (Å²) < 4.78 is 0. The fourth-order valence-corrected chi connectivity index (χ4v) is 3.38. The molecule has 2 N–H and O–H groups in total. The molecule has 0 spiro atoms. The quantitative estimate of drug-likeness (QED) is 0.588. The molecule has 0 radical (unpaired) electrons. The molecule has 2 aromatic heterocycles. The minimum absolute atomic E-state index is 0.0505. The van der Waals surface area contributed by atoms with Crippen molar-refractivity contribution in [3.63, 3.8) is 0 Å². The van der Waals surface area contributed by atoms with Crippen LogP contribution in [0.1, 0.15) is 40.4 Å². The van der Waals surface area contributed by atoms with Crippen molar-refractivity contribution < 1.29 is 9.59 Å². The number of benzene rings is 1. The van der Waals surface area contributed by atoms with Gasteiger partial charge in [-0.1, -0.05) is 30.3 Å². The van der Waals surface area contributed by atoms with Gasteiger partial charge in [0.05, 0.1) is 6.04 Å². The summed E-state index contributed by atoms with van der Waals surface area (Å²) in [4.78, 5) is 28.4. The Kier molecular flexibility index (Phi) is 6.71. The van der Waals surface area contributed by atoms with Crippen LogP contribution in [0.2, 0.25) is 0 Å². The Hall–Kier alpha value is -2.99. The summed E-state index contributed by atoms with van der Waals surface area (Å²) in [6.45, 7) is 0.466. The molecule has 0 saturated carbocycles. The third kappa shape index (κ3) is 5.49. The second-order valence-electron chi connectivity index (χ2n) is 6.06. The Labute approximate surface area is 162 Å². The summed E-state index contributed by atoms with van der Waals surface area (Å²) >= 11 is 1.49. The number of carbonyl (C=O) groups excluding carboxylic acids is 2. The first-order valence-corrected chi connectivity index (χ1v) is 9.73. The Morgan fingerprint density at radius 3 is 2.44 bits per heavy atom. The maximum absolute atomic E-state index is 12.4. The Balaban J connectivity index is 1.53. The molecule has 0 bridgehead atoms. The van der Waals surface area contributed by atoms with Crippen LogP contribution in [0.3, 0.4) is 0 Å². The molecule has 3 rings (SSSR count). The Morgan fingerprint density at radius 1 is 1.00 bits per heavy atom. The van der Waals surface area contributed by atoms with Crippen molar-refractivity contribution in [2.24, 2.45) is 0 Å². The molecule has 2 heterocycles. The summed E-state index contributed by atoms with van der Waals surface area (Å²) in [5, 5.41) is 9.60. The Bertz CT molecular complexity index is 812. The molecule has 6 heteroatoms. The van der Waals surface area contributed by atoms with E-state index in [2.05, 4.69) is 15.6 Å². The number of thiophene rings is 1. The molecule has 0 aliphatic heterocycles. The molecule has 3 aromatic rings. The number of amides is 2. The molecule has 0 saturated heterocycles. The van der Waals surface area contributed by atoms with Crippen LogP contribution in [0.15, 0.2) is 71.7 Å². The van der Waals surface area contributed by atoms with Crippen LogP contribution in [0, 0.1) is 0 Å². The van der Waals surface area contributed by atoms with E-state index < -0.39 is 0 Å². The van der Waals surface area contributed by atoms with Crippen LogP contribution in [0.4, 0.5) is 0 Å². The lowest BCUT2D eigenvalue weighted by Crippen LogP contribution is -2.30. The second-order valence-corrected chi connectivity index (χ2v) is 6.84. The predicted octanol–water partition coefficient (Wildman–Crippen LogP) is 3.56. The first-order valence-electron chi connectivity index (χ1n) is 8.78. The highest BCUT2D eigenvalue weighted by atomic mass is 32.1. The molecule has 5 nitrogen and oxygen atoms in total. The summed E-state index contributed by atoms with van der Waals surface area (Å²) in [7, 11) is 0. The van der Waals surface area contributed by atoms with Gasteiger partial charge >= 0.3 is 0 Å². The molecular formula is C21H21N3O2S. The first-order chi connectivity index (χ1) is 13.2. The van der Waals surface area contributed by atoms with E-state index in [0.29, 0.717) is 24.9 Å². The van der Waals surface area contributed by atoms with Crippen molar-refractivity contribution in [1.29, 1.82) is 0 Å². The zero-order chi connectivity index (χ0) is 18.9. The van der Waals surface area contributed by atoms with Gasteiger partial charge in [-0.2, -0.15) is 11.3 Å². The van der Waals surface area contributed by atoms with Crippen LogP contribution >= 0.6 is 11.3 Å². The van der Waals surface area contributed by atoms with Crippen LogP contribution in [0.5, 0.6) is 0 Å². The van der Waals surface area contributed by atoms with Crippen molar-refractivity contribution in [1.82, 2.24) is 15.6 Å². The van der Waals surface area contributed by atoms with Crippen LogP contribution in [0.25, 0.3) is 0 Å². The molecule has 1 aromatic carbocycles. The minimum Gasteiger partial charge on any atom is -0.352 e. The van der Waals surface area contributed by atoms with Gasteiger partial charge in [0.2, 0.25) is 5.91 Å². The zero-order valence-corrected chi connectivity index (χ0v) is 15.6. The van der Waals surface area contributed by atoms with Gasteiger partial charge in [0.1, 0.15) is 0 Å². The van der Waals surface area contributed by atoms with E-state index in [-0.39, 0.29) is 17.9 Å². The maximum Gasteiger partial charge on any atom is 0.252 e. The standard InChI is InChI=1S/C21H21N3O2S/c25-19(7-4-11-23-21(26)18-10-14-27-15-18)24-20(16-5-2-1-3-6-16)17-8-12-22-13-9-17/h1-3,5-6,8-10,12-15,20H,4,7,11H2,(H,23,26)(H,24,25). The number of carbonyl (C=O) groups is 2. The third-order valence-electron chi connectivity index (χ3n) is 4.13. The highest BCUT2D eigenvalue weighted by Crippen LogP contribution is 2.21. The van der Waals surface area contributed by atoms with E-state index in [0.717, 1.165) is 11.1 Å². The summed E-state index contributed by atoms with van der Waals surface area (Å²) in [5.41, 5.74) is 2.66. The highest BCUT2D eigenvalue weighted by Gasteiger charge is 2.16. The summed E-state index contributed by atoms with van der Waals surface area (Å²) in [5.74, 6) is -0.152. The van der Waals surface area contributed by atoms with E-state index in [1.165, 1.54) is 11.3 Å². The van der Waals surface area contributed by atoms with E-state index in [9.17, 15) is 9.59 Å². The lowest BCUT2D eigenvalue weighted by atomic mass is 9.99. The topological polar surface area (TPSA) is 71.1 Å². The van der Waals surface area contributed by atoms with Crippen molar-refractivity contribution >= 4 is 23.2 Å². The molecule has 1 atom stereocenters. The molecule has 138 valence electrons. The van der Waals surface area contributed by atoms with Crippen molar-refractivity contribution in [3.8, 4) is 0 Å². The summed E-state index contributed by atoms with van der Waals surface area (Å²) in [6.07, 6.45) is 4.37. The van der Waals surface area contributed by atoms with Gasteiger partial charge in [-0.25, -0.2) is 0 Å². The van der Waals surface area contributed by atoms with Gasteiger partial charge in [-0.05, 0) is 41.1 Å². The average Bonchev–Trinajstić information content (AvgIpc) is 3.25. The van der Waals surface area contributed by atoms with Crippen molar-refractivity contribution in [3.05, 3.63) is 88.4 Å². The molecule has 2 amide bonds. The van der Waals surface area contributed by atoms with E-state index >= 15 is 0 Å². The van der Waals surface area contributed by atoms with Gasteiger partial charge in [0.15, 0.2) is 0 Å². The normalized spacial score (nSPS) is 11.6. The predicted molar refractivity (Wildman–Crippen MR) is 107 cm³/mol. The lowest BCUT2D eigenvalue weighted by molar-refractivity contribution is -0.121. The minimum atomic E-state index is -0.220. The van der Waals surface area contributed by atoms with Gasteiger partial charge in [0, 0.05) is 36.3 Å². The van der Waals surface area contributed by atoms with Crippen LogP contribution in [-0.4, -0.2) is 23.3 Å².